The van der Waals surface area contributed by atoms with Crippen LogP contribution in [0.15, 0.2) is 66.4 Å². The minimum absolute atomic E-state index is 0.237. The molecule has 0 amide bonds. The molecule has 0 fully saturated rings. The molecule has 5 heteroatoms. The highest BCUT2D eigenvalue weighted by Crippen LogP contribution is 2.45. The van der Waals surface area contributed by atoms with Gasteiger partial charge in [0.15, 0.2) is 0 Å². The van der Waals surface area contributed by atoms with E-state index in [0.29, 0.717) is 11.5 Å². The molecule has 26 heavy (non-hydrogen) atoms. The van der Waals surface area contributed by atoms with E-state index in [0.717, 1.165) is 28.1 Å². The molecular weight excluding hydrogens is 326 g/mol. The molecular formula is C21H17N3O2. The quantitative estimate of drug-likeness (QED) is 0.720. The van der Waals surface area contributed by atoms with Gasteiger partial charge in [-0.15, -0.1) is 0 Å². The van der Waals surface area contributed by atoms with Crippen molar-refractivity contribution in [2.75, 3.05) is 7.11 Å². The molecule has 1 aliphatic heterocycles. The molecule has 0 N–H and O–H groups in total. The second-order valence-electron chi connectivity index (χ2n) is 6.07. The van der Waals surface area contributed by atoms with Crippen LogP contribution in [0.4, 0.5) is 0 Å². The van der Waals surface area contributed by atoms with Gasteiger partial charge < -0.3 is 9.47 Å². The molecule has 0 spiro atoms. The summed E-state index contributed by atoms with van der Waals surface area (Å²) in [5, 5.41) is 14.3. The second kappa shape index (κ2) is 6.41. The normalized spacial score (nSPS) is 15.4. The van der Waals surface area contributed by atoms with Gasteiger partial charge in [0.2, 0.25) is 5.88 Å². The van der Waals surface area contributed by atoms with Crippen molar-refractivity contribution in [3.63, 3.8) is 0 Å². The lowest BCUT2D eigenvalue weighted by Crippen LogP contribution is -2.12. The Bertz CT molecular complexity index is 1010. The number of allylic oxidation sites excluding steroid dienone is 1. The number of ether oxygens (including phenoxy) is 2. The molecule has 1 unspecified atom stereocenters. The summed E-state index contributed by atoms with van der Waals surface area (Å²) in [6.07, 6.45) is 1.52. The van der Waals surface area contributed by atoms with Crippen molar-refractivity contribution in [1.82, 2.24) is 9.78 Å². The van der Waals surface area contributed by atoms with Crippen LogP contribution in [0.1, 0.15) is 17.0 Å². The first-order valence-electron chi connectivity index (χ1n) is 8.26. The predicted molar refractivity (Wildman–Crippen MR) is 97.8 cm³/mol. The number of benzene rings is 2. The third-order valence-electron chi connectivity index (χ3n) is 4.55. The number of rotatable bonds is 3. The molecule has 2 heterocycles. The first-order valence-corrected chi connectivity index (χ1v) is 8.26. The number of fused-ring (bicyclic) bond motifs is 1. The minimum Gasteiger partial charge on any atom is -0.497 e. The van der Waals surface area contributed by atoms with Crippen molar-refractivity contribution in [2.24, 2.45) is 7.05 Å². The molecule has 3 aromatic rings. The molecule has 128 valence electrons. The van der Waals surface area contributed by atoms with Gasteiger partial charge in [-0.2, -0.15) is 10.4 Å². The average Bonchev–Trinajstić information content (AvgIpc) is 3.05. The topological polar surface area (TPSA) is 60.1 Å². The number of hydrogen-bond acceptors (Lipinski definition) is 4. The molecule has 0 radical (unpaired) electrons. The summed E-state index contributed by atoms with van der Waals surface area (Å²) in [6, 6.07) is 20.0. The van der Waals surface area contributed by atoms with Gasteiger partial charge in [0, 0.05) is 12.6 Å². The maximum atomic E-state index is 9.67. The second-order valence-corrected chi connectivity index (χ2v) is 6.07. The molecule has 1 atom stereocenters. The van der Waals surface area contributed by atoms with E-state index in [1.165, 1.54) is 6.26 Å². The van der Waals surface area contributed by atoms with E-state index in [1.54, 1.807) is 11.8 Å². The van der Waals surface area contributed by atoms with Gasteiger partial charge in [0.25, 0.3) is 0 Å². The SMILES string of the molecule is COc1ccc(C2C(C#N)=COc3c2c(-c2ccccc2)nn3C)cc1. The van der Waals surface area contributed by atoms with Gasteiger partial charge in [-0.1, -0.05) is 42.5 Å². The van der Waals surface area contributed by atoms with Crippen LogP contribution >= 0.6 is 0 Å². The monoisotopic (exact) mass is 343 g/mol. The van der Waals surface area contributed by atoms with E-state index in [2.05, 4.69) is 11.2 Å². The van der Waals surface area contributed by atoms with Crippen LogP contribution in [-0.2, 0) is 7.05 Å². The van der Waals surface area contributed by atoms with Crippen LogP contribution in [0, 0.1) is 11.3 Å². The van der Waals surface area contributed by atoms with Gasteiger partial charge in [-0.3, -0.25) is 0 Å². The number of nitrogens with zero attached hydrogens (tertiary/aromatic N) is 3. The van der Waals surface area contributed by atoms with E-state index < -0.39 is 0 Å². The van der Waals surface area contributed by atoms with Crippen molar-refractivity contribution in [3.8, 4) is 29.0 Å². The number of methoxy groups -OCH3 is 1. The van der Waals surface area contributed by atoms with Crippen LogP contribution in [0.3, 0.4) is 0 Å². The Labute approximate surface area is 151 Å². The molecule has 0 saturated carbocycles. The maximum absolute atomic E-state index is 9.67. The molecule has 0 aliphatic carbocycles. The van der Waals surface area contributed by atoms with E-state index in [9.17, 15) is 5.26 Å². The van der Waals surface area contributed by atoms with Gasteiger partial charge in [0.1, 0.15) is 17.7 Å². The smallest absolute Gasteiger partial charge is 0.221 e. The van der Waals surface area contributed by atoms with E-state index in [1.807, 2.05) is 61.6 Å². The molecule has 0 bridgehead atoms. The Morgan fingerprint density at radius 1 is 1.12 bits per heavy atom. The molecule has 2 aromatic carbocycles. The van der Waals surface area contributed by atoms with Crippen LogP contribution in [-0.4, -0.2) is 16.9 Å². The number of aromatic nitrogens is 2. The Kier molecular flexibility index (Phi) is 3.94. The first kappa shape index (κ1) is 16.0. The van der Waals surface area contributed by atoms with Crippen molar-refractivity contribution in [3.05, 3.63) is 77.6 Å². The summed E-state index contributed by atoms with van der Waals surface area (Å²) in [6.45, 7) is 0. The zero-order valence-electron chi connectivity index (χ0n) is 14.5. The third-order valence-corrected chi connectivity index (χ3v) is 4.55. The summed E-state index contributed by atoms with van der Waals surface area (Å²) in [7, 11) is 3.48. The highest BCUT2D eigenvalue weighted by atomic mass is 16.5. The Hall–Kier alpha value is -3.52. The van der Waals surface area contributed by atoms with Crippen LogP contribution < -0.4 is 9.47 Å². The highest BCUT2D eigenvalue weighted by Gasteiger charge is 2.33. The molecule has 1 aliphatic rings. The Morgan fingerprint density at radius 3 is 2.50 bits per heavy atom. The van der Waals surface area contributed by atoms with Crippen LogP contribution in [0.5, 0.6) is 11.6 Å². The number of aryl methyl sites for hydroxylation is 1. The summed E-state index contributed by atoms with van der Waals surface area (Å²) < 4.78 is 12.7. The molecule has 5 nitrogen and oxygen atoms in total. The zero-order chi connectivity index (χ0) is 18.1. The fourth-order valence-corrected chi connectivity index (χ4v) is 3.31. The van der Waals surface area contributed by atoms with Gasteiger partial charge in [0.05, 0.1) is 30.2 Å². The summed E-state index contributed by atoms with van der Waals surface area (Å²) in [5.41, 5.74) is 4.26. The largest absolute Gasteiger partial charge is 0.497 e. The van der Waals surface area contributed by atoms with E-state index >= 15 is 0 Å². The predicted octanol–water partition coefficient (Wildman–Crippen LogP) is 4.03. The van der Waals surface area contributed by atoms with Gasteiger partial charge >= 0.3 is 0 Å². The van der Waals surface area contributed by atoms with Gasteiger partial charge in [-0.05, 0) is 17.7 Å². The standard InChI is InChI=1S/C21H17N3O2/c1-24-21-19(20(23-24)15-6-4-3-5-7-15)18(16(12-22)13-26-21)14-8-10-17(25-2)11-9-14/h3-11,13,18H,1-2H3. The Morgan fingerprint density at radius 2 is 1.85 bits per heavy atom. The lowest BCUT2D eigenvalue weighted by Gasteiger charge is -2.22. The molecule has 0 saturated heterocycles. The van der Waals surface area contributed by atoms with Crippen molar-refractivity contribution in [1.29, 1.82) is 5.26 Å². The summed E-state index contributed by atoms with van der Waals surface area (Å²) in [5.74, 6) is 1.19. The fraction of sp³-hybridized carbons (Fsp3) is 0.143. The molecule has 4 rings (SSSR count). The van der Waals surface area contributed by atoms with Gasteiger partial charge in [-0.25, -0.2) is 4.68 Å². The van der Waals surface area contributed by atoms with Crippen LogP contribution in [0.2, 0.25) is 0 Å². The molecule has 1 aromatic heterocycles. The lowest BCUT2D eigenvalue weighted by molar-refractivity contribution is 0.407. The number of hydrogen-bond donors (Lipinski definition) is 0. The maximum Gasteiger partial charge on any atom is 0.221 e. The van der Waals surface area contributed by atoms with E-state index in [4.69, 9.17) is 9.47 Å². The number of nitriles is 1. The first-order chi connectivity index (χ1) is 12.7. The van der Waals surface area contributed by atoms with Crippen molar-refractivity contribution < 1.29 is 9.47 Å². The lowest BCUT2D eigenvalue weighted by atomic mass is 9.83. The summed E-state index contributed by atoms with van der Waals surface area (Å²) >= 11 is 0. The minimum atomic E-state index is -0.237. The fourth-order valence-electron chi connectivity index (χ4n) is 3.31. The van der Waals surface area contributed by atoms with Crippen molar-refractivity contribution >= 4 is 0 Å². The Balaban J connectivity index is 1.92. The highest BCUT2D eigenvalue weighted by molar-refractivity contribution is 5.70. The zero-order valence-corrected chi connectivity index (χ0v) is 14.5. The van der Waals surface area contributed by atoms with Crippen molar-refractivity contribution in [2.45, 2.75) is 5.92 Å². The van der Waals surface area contributed by atoms with Crippen LogP contribution in [0.25, 0.3) is 11.3 Å². The summed E-state index contributed by atoms with van der Waals surface area (Å²) in [4.78, 5) is 0. The third kappa shape index (κ3) is 2.52. The van der Waals surface area contributed by atoms with E-state index in [-0.39, 0.29) is 5.92 Å². The average molecular weight is 343 g/mol.